The van der Waals surface area contributed by atoms with Crippen LogP contribution in [0.3, 0.4) is 0 Å². The maximum atomic E-state index is 11.8. The van der Waals surface area contributed by atoms with E-state index in [0.29, 0.717) is 26.1 Å². The Morgan fingerprint density at radius 2 is 0.853 bits per heavy atom. The molecule has 4 nitrogen and oxygen atoms in total. The van der Waals surface area contributed by atoms with Crippen molar-refractivity contribution >= 4 is 11.9 Å². The Hall–Kier alpha value is -1.32. The molecule has 34 heavy (non-hydrogen) atoms. The second kappa shape index (κ2) is 26.3. The molecule has 0 aliphatic heterocycles. The van der Waals surface area contributed by atoms with E-state index >= 15 is 0 Å². The minimum atomic E-state index is -0.104. The van der Waals surface area contributed by atoms with Crippen molar-refractivity contribution < 1.29 is 19.1 Å². The number of ether oxygens (including phenoxy) is 2. The summed E-state index contributed by atoms with van der Waals surface area (Å²) in [5, 5.41) is 0. The Morgan fingerprint density at radius 1 is 0.500 bits per heavy atom. The van der Waals surface area contributed by atoms with Crippen LogP contribution < -0.4 is 0 Å². The molecule has 0 saturated carbocycles. The van der Waals surface area contributed by atoms with Crippen molar-refractivity contribution in [3.05, 3.63) is 12.2 Å². The van der Waals surface area contributed by atoms with Gasteiger partial charge in [0.05, 0.1) is 13.2 Å². The summed E-state index contributed by atoms with van der Waals surface area (Å²) >= 11 is 0. The topological polar surface area (TPSA) is 52.6 Å². The summed E-state index contributed by atoms with van der Waals surface area (Å²) in [4.78, 5) is 23.4. The first-order valence-electron chi connectivity index (χ1n) is 14.5. The molecular weight excluding hydrogens is 424 g/mol. The van der Waals surface area contributed by atoms with Crippen LogP contribution in [0.2, 0.25) is 0 Å². The van der Waals surface area contributed by atoms with Gasteiger partial charge in [0, 0.05) is 19.3 Å². The van der Waals surface area contributed by atoms with E-state index in [2.05, 4.69) is 13.5 Å². The number of esters is 2. The number of rotatable bonds is 26. The molecule has 0 bridgehead atoms. The molecule has 0 unspecified atom stereocenters. The minimum Gasteiger partial charge on any atom is -0.466 e. The molecule has 200 valence electrons. The van der Waals surface area contributed by atoms with Crippen LogP contribution in [-0.4, -0.2) is 25.2 Å². The number of unbranched alkanes of at least 4 members (excludes halogenated alkanes) is 17. The number of carbonyl (C=O) groups excluding carboxylic acids is 2. The van der Waals surface area contributed by atoms with Crippen LogP contribution in [-0.2, 0) is 19.1 Å². The van der Waals surface area contributed by atoms with E-state index in [0.717, 1.165) is 56.9 Å². The minimum absolute atomic E-state index is 0.0450. The van der Waals surface area contributed by atoms with Crippen LogP contribution >= 0.6 is 0 Å². The summed E-state index contributed by atoms with van der Waals surface area (Å²) in [5.41, 5.74) is 1.04. The molecule has 0 aliphatic rings. The highest BCUT2D eigenvalue weighted by molar-refractivity contribution is 5.69. The molecule has 0 N–H and O–H groups in total. The van der Waals surface area contributed by atoms with Gasteiger partial charge in [0.25, 0.3) is 0 Å². The van der Waals surface area contributed by atoms with E-state index in [1.165, 1.54) is 77.0 Å². The number of hydrogen-bond donors (Lipinski definition) is 0. The lowest BCUT2D eigenvalue weighted by molar-refractivity contribution is -0.144. The van der Waals surface area contributed by atoms with Gasteiger partial charge in [0.2, 0.25) is 0 Å². The third-order valence-electron chi connectivity index (χ3n) is 6.31. The zero-order valence-corrected chi connectivity index (χ0v) is 22.8. The fourth-order valence-corrected chi connectivity index (χ4v) is 4.04. The van der Waals surface area contributed by atoms with Gasteiger partial charge in [-0.2, -0.15) is 0 Å². The van der Waals surface area contributed by atoms with Crippen molar-refractivity contribution in [3.8, 4) is 0 Å². The molecule has 0 aliphatic carbocycles. The van der Waals surface area contributed by atoms with Gasteiger partial charge in [-0.3, -0.25) is 9.59 Å². The van der Waals surface area contributed by atoms with E-state index in [1.807, 2.05) is 6.92 Å². The van der Waals surface area contributed by atoms with Crippen LogP contribution in [0, 0.1) is 0 Å². The molecule has 0 radical (unpaired) electrons. The highest BCUT2D eigenvalue weighted by Crippen LogP contribution is 2.13. The van der Waals surface area contributed by atoms with Gasteiger partial charge >= 0.3 is 11.9 Å². The van der Waals surface area contributed by atoms with Crippen LogP contribution in [0.1, 0.15) is 155 Å². The molecule has 0 fully saturated rings. The second-order valence-corrected chi connectivity index (χ2v) is 10.0. The maximum Gasteiger partial charge on any atom is 0.305 e. The first-order chi connectivity index (χ1) is 16.6. The Labute approximate surface area is 211 Å². The van der Waals surface area contributed by atoms with Gasteiger partial charge in [-0.05, 0) is 26.2 Å². The lowest BCUT2D eigenvalue weighted by Crippen LogP contribution is -2.06. The average Bonchev–Trinajstić information content (AvgIpc) is 2.80. The quantitative estimate of drug-likeness (QED) is 0.0703. The first-order valence-corrected chi connectivity index (χ1v) is 14.5. The second-order valence-electron chi connectivity index (χ2n) is 10.0. The van der Waals surface area contributed by atoms with Gasteiger partial charge in [0.15, 0.2) is 0 Å². The molecule has 0 saturated heterocycles. The Bertz CT molecular complexity index is 486. The average molecular weight is 481 g/mol. The Balaban J connectivity index is 3.24. The van der Waals surface area contributed by atoms with Crippen molar-refractivity contribution in [2.45, 2.75) is 155 Å². The third-order valence-corrected chi connectivity index (χ3v) is 6.31. The molecule has 0 rings (SSSR count). The monoisotopic (exact) mass is 480 g/mol. The van der Waals surface area contributed by atoms with Crippen molar-refractivity contribution in [1.29, 1.82) is 0 Å². The van der Waals surface area contributed by atoms with Crippen LogP contribution in [0.4, 0.5) is 0 Å². The predicted molar refractivity (Wildman–Crippen MR) is 144 cm³/mol. The van der Waals surface area contributed by atoms with Gasteiger partial charge in [0.1, 0.15) is 0 Å². The normalized spacial score (nSPS) is 10.9. The van der Waals surface area contributed by atoms with E-state index in [4.69, 9.17) is 9.47 Å². The molecule has 4 heteroatoms. The van der Waals surface area contributed by atoms with Gasteiger partial charge in [-0.25, -0.2) is 0 Å². The summed E-state index contributed by atoms with van der Waals surface area (Å²) < 4.78 is 10.5. The summed E-state index contributed by atoms with van der Waals surface area (Å²) in [6, 6.07) is 0. The van der Waals surface area contributed by atoms with E-state index in [1.54, 1.807) is 0 Å². The highest BCUT2D eigenvalue weighted by atomic mass is 16.5. The molecule has 0 spiro atoms. The molecule has 0 heterocycles. The summed E-state index contributed by atoms with van der Waals surface area (Å²) in [5.74, 6) is -0.149. The lowest BCUT2D eigenvalue weighted by Gasteiger charge is -2.06. The van der Waals surface area contributed by atoms with Crippen molar-refractivity contribution in [2.75, 3.05) is 13.2 Å². The van der Waals surface area contributed by atoms with Crippen LogP contribution in [0.15, 0.2) is 12.2 Å². The van der Waals surface area contributed by atoms with Crippen molar-refractivity contribution in [2.24, 2.45) is 0 Å². The van der Waals surface area contributed by atoms with Gasteiger partial charge in [-0.1, -0.05) is 115 Å². The fourth-order valence-electron chi connectivity index (χ4n) is 4.04. The van der Waals surface area contributed by atoms with Crippen molar-refractivity contribution in [3.63, 3.8) is 0 Å². The smallest absolute Gasteiger partial charge is 0.305 e. The summed E-state index contributed by atoms with van der Waals surface area (Å²) in [6.07, 6.45) is 25.1. The summed E-state index contributed by atoms with van der Waals surface area (Å²) in [6.45, 7) is 9.04. The van der Waals surface area contributed by atoms with Crippen LogP contribution in [0.25, 0.3) is 0 Å². The molecule has 0 atom stereocenters. The highest BCUT2D eigenvalue weighted by Gasteiger charge is 2.04. The Morgan fingerprint density at radius 3 is 1.26 bits per heavy atom. The summed E-state index contributed by atoms with van der Waals surface area (Å²) in [7, 11) is 0. The van der Waals surface area contributed by atoms with E-state index in [9.17, 15) is 9.59 Å². The van der Waals surface area contributed by atoms with Crippen LogP contribution in [0.5, 0.6) is 0 Å². The van der Waals surface area contributed by atoms with E-state index in [-0.39, 0.29) is 11.9 Å². The largest absolute Gasteiger partial charge is 0.466 e. The SMILES string of the molecule is C=C(C)CCOC(=O)CCCCCCCCC(=O)OCCCCCCCCCCCCCCC. The van der Waals surface area contributed by atoms with Gasteiger partial charge in [-0.15, -0.1) is 6.58 Å². The Kier molecular flexibility index (Phi) is 25.3. The van der Waals surface area contributed by atoms with Gasteiger partial charge < -0.3 is 9.47 Å². The zero-order valence-electron chi connectivity index (χ0n) is 22.8. The lowest BCUT2D eigenvalue weighted by atomic mass is 10.0. The molecular formula is C30H56O4. The molecule has 0 aromatic rings. The standard InChI is InChI=1S/C30H56O4/c1-4-5-6-7-8-9-10-11-12-13-16-19-22-26-33-29(31)23-20-17-14-15-18-21-24-30(32)34-27-25-28(2)3/h2,4-27H2,1,3H3. The number of carbonyl (C=O) groups is 2. The first kappa shape index (κ1) is 32.7. The van der Waals surface area contributed by atoms with Crippen molar-refractivity contribution in [1.82, 2.24) is 0 Å². The zero-order chi connectivity index (χ0) is 25.1. The van der Waals surface area contributed by atoms with E-state index < -0.39 is 0 Å². The predicted octanol–water partition coefficient (Wildman–Crippen LogP) is 9.25. The molecule has 0 aromatic heterocycles. The fraction of sp³-hybridized carbons (Fsp3) is 0.867. The third kappa shape index (κ3) is 26.9. The number of hydrogen-bond acceptors (Lipinski definition) is 4. The molecule has 0 amide bonds. The maximum absolute atomic E-state index is 11.8. The molecule has 0 aromatic carbocycles.